The number of halogens is 1. The number of rotatable bonds is 14. The van der Waals surface area contributed by atoms with Crippen molar-refractivity contribution in [3.8, 4) is 46.0 Å². The minimum Gasteiger partial charge on any atom is -0.493 e. The summed E-state index contributed by atoms with van der Waals surface area (Å²) in [6, 6.07) is 8.92. The summed E-state index contributed by atoms with van der Waals surface area (Å²) < 4.78 is 44.1. The molecule has 0 aliphatic rings. The topological polar surface area (TPSA) is 103 Å². The normalized spacial score (nSPS) is 11.0. The third kappa shape index (κ3) is 6.91. The Morgan fingerprint density at radius 1 is 0.619 bits per heavy atom. The summed E-state index contributed by atoms with van der Waals surface area (Å²) in [5, 5.41) is 0. The molecule has 0 heterocycles. The van der Waals surface area contributed by atoms with Crippen LogP contribution >= 0.6 is 15.9 Å². The van der Waals surface area contributed by atoms with E-state index in [-0.39, 0.29) is 12.2 Å². The minimum absolute atomic E-state index is 0.00574. The quantitative estimate of drug-likeness (QED) is 0.108. The number of carbonyl (C=O) groups is 1. The van der Waals surface area contributed by atoms with E-state index in [1.54, 1.807) is 34.5 Å². The number of ether oxygens (including phenoxy) is 8. The van der Waals surface area contributed by atoms with Crippen molar-refractivity contribution >= 4 is 45.8 Å². The maximum Gasteiger partial charge on any atom is 0.204 e. The van der Waals surface area contributed by atoms with Crippen molar-refractivity contribution < 1.29 is 42.7 Å². The SMILES string of the molecule is COc1cc(/C=C\c2cc(OC)c(OC)c(OC)c2)cc(N=CCC(=O)c2cc(OC)c(OC)c(OC)c2Br)c1OC. The standard InChI is InChI=1S/C31H34BrNO9/c1-35-23-14-18(9-10-19-15-24(36-2)29(40-6)25(16-19)37-3)13-21(28(23)39-5)33-12-11-22(34)20-17-26(38-4)30(41-7)31(42-8)27(20)32/h9-10,12-17H,11H2,1-8H3/b10-9-,33-12?. The zero-order valence-corrected chi connectivity index (χ0v) is 26.4. The number of hydrogen-bond donors (Lipinski definition) is 0. The van der Waals surface area contributed by atoms with Crippen LogP contribution < -0.4 is 37.9 Å². The van der Waals surface area contributed by atoms with Gasteiger partial charge in [-0.05, 0) is 57.4 Å². The van der Waals surface area contributed by atoms with E-state index >= 15 is 0 Å². The highest BCUT2D eigenvalue weighted by Gasteiger charge is 2.22. The summed E-state index contributed by atoms with van der Waals surface area (Å²) in [5.41, 5.74) is 2.46. The molecule has 3 rings (SSSR count). The van der Waals surface area contributed by atoms with Crippen LogP contribution in [0.25, 0.3) is 12.2 Å². The number of carbonyl (C=O) groups excluding carboxylic acids is 1. The maximum atomic E-state index is 13.2. The molecule has 0 N–H and O–H groups in total. The van der Waals surface area contributed by atoms with Crippen LogP contribution in [0.15, 0.2) is 39.8 Å². The van der Waals surface area contributed by atoms with Crippen LogP contribution in [0.4, 0.5) is 5.69 Å². The highest BCUT2D eigenvalue weighted by Crippen LogP contribution is 2.45. The second-order valence-electron chi connectivity index (χ2n) is 8.51. The van der Waals surface area contributed by atoms with Crippen LogP contribution in [0.1, 0.15) is 27.9 Å². The Bertz CT molecular complexity index is 1460. The molecule has 0 unspecified atom stereocenters. The summed E-state index contributed by atoms with van der Waals surface area (Å²) in [6.07, 6.45) is 5.29. The van der Waals surface area contributed by atoms with Gasteiger partial charge in [-0.1, -0.05) is 12.2 Å². The monoisotopic (exact) mass is 643 g/mol. The molecule has 0 saturated heterocycles. The van der Waals surface area contributed by atoms with Crippen LogP contribution in [0.5, 0.6) is 46.0 Å². The fourth-order valence-electron chi connectivity index (χ4n) is 4.21. The number of hydrogen-bond acceptors (Lipinski definition) is 10. The number of Topliss-reactive ketones (excluding diaryl/α,β-unsaturated/α-hetero) is 1. The van der Waals surface area contributed by atoms with Crippen molar-refractivity contribution in [1.82, 2.24) is 0 Å². The van der Waals surface area contributed by atoms with Crippen LogP contribution in [0.3, 0.4) is 0 Å². The van der Waals surface area contributed by atoms with Crippen LogP contribution in [-0.4, -0.2) is 68.9 Å². The Morgan fingerprint density at radius 3 is 1.55 bits per heavy atom. The molecule has 3 aromatic carbocycles. The molecule has 42 heavy (non-hydrogen) atoms. The fourth-order valence-corrected chi connectivity index (χ4v) is 4.89. The first-order chi connectivity index (χ1) is 20.3. The van der Waals surface area contributed by atoms with Gasteiger partial charge in [0.25, 0.3) is 0 Å². The first-order valence-corrected chi connectivity index (χ1v) is 13.4. The van der Waals surface area contributed by atoms with Gasteiger partial charge in [0, 0.05) is 18.2 Å². The highest BCUT2D eigenvalue weighted by atomic mass is 79.9. The second kappa shape index (κ2) is 15.0. The molecule has 0 saturated carbocycles. The predicted octanol–water partition coefficient (Wildman–Crippen LogP) is 6.66. The molecule has 0 aliphatic carbocycles. The third-order valence-electron chi connectivity index (χ3n) is 6.21. The summed E-state index contributed by atoms with van der Waals surface area (Å²) in [5.74, 6) is 3.39. The molecular weight excluding hydrogens is 610 g/mol. The van der Waals surface area contributed by atoms with Crippen LogP contribution in [0.2, 0.25) is 0 Å². The maximum absolute atomic E-state index is 13.2. The molecule has 0 atom stereocenters. The van der Waals surface area contributed by atoms with Gasteiger partial charge in [0.1, 0.15) is 5.69 Å². The second-order valence-corrected chi connectivity index (χ2v) is 9.31. The van der Waals surface area contributed by atoms with E-state index in [1.807, 2.05) is 36.4 Å². The van der Waals surface area contributed by atoms with Gasteiger partial charge in [-0.3, -0.25) is 9.79 Å². The molecule has 11 heteroatoms. The average molecular weight is 645 g/mol. The van der Waals surface area contributed by atoms with Crippen LogP contribution in [-0.2, 0) is 0 Å². The van der Waals surface area contributed by atoms with Gasteiger partial charge in [-0.2, -0.15) is 0 Å². The molecular formula is C31H34BrNO9. The van der Waals surface area contributed by atoms with E-state index in [2.05, 4.69) is 20.9 Å². The molecule has 0 spiro atoms. The van der Waals surface area contributed by atoms with Crippen molar-refractivity contribution in [2.24, 2.45) is 4.99 Å². The van der Waals surface area contributed by atoms with Crippen molar-refractivity contribution in [1.29, 1.82) is 0 Å². The van der Waals surface area contributed by atoms with Crippen molar-refractivity contribution in [2.75, 3.05) is 56.9 Å². The third-order valence-corrected chi connectivity index (χ3v) is 7.00. The zero-order valence-electron chi connectivity index (χ0n) is 24.8. The van der Waals surface area contributed by atoms with E-state index in [4.69, 9.17) is 37.9 Å². The van der Waals surface area contributed by atoms with Crippen molar-refractivity contribution in [3.63, 3.8) is 0 Å². The van der Waals surface area contributed by atoms with Gasteiger partial charge in [0.2, 0.25) is 11.5 Å². The molecule has 0 radical (unpaired) electrons. The van der Waals surface area contributed by atoms with E-state index in [1.165, 1.54) is 34.7 Å². The summed E-state index contributed by atoms with van der Waals surface area (Å²) in [6.45, 7) is 0. The lowest BCUT2D eigenvalue weighted by Crippen LogP contribution is -2.05. The lowest BCUT2D eigenvalue weighted by atomic mass is 10.1. The van der Waals surface area contributed by atoms with Gasteiger partial charge < -0.3 is 37.9 Å². The van der Waals surface area contributed by atoms with Gasteiger partial charge in [0.05, 0.1) is 61.4 Å². The number of aliphatic imine (C=N–C) groups is 1. The predicted molar refractivity (Wildman–Crippen MR) is 165 cm³/mol. The lowest BCUT2D eigenvalue weighted by Gasteiger charge is -2.16. The van der Waals surface area contributed by atoms with Gasteiger partial charge in [0.15, 0.2) is 40.3 Å². The van der Waals surface area contributed by atoms with Crippen molar-refractivity contribution in [2.45, 2.75) is 6.42 Å². The number of methoxy groups -OCH3 is 8. The molecule has 0 fully saturated rings. The zero-order chi connectivity index (χ0) is 30.8. The Kier molecular flexibility index (Phi) is 11.5. The summed E-state index contributed by atoms with van der Waals surface area (Å²) in [7, 11) is 12.2. The van der Waals surface area contributed by atoms with Gasteiger partial charge in [-0.15, -0.1) is 0 Å². The number of ketones is 1. The van der Waals surface area contributed by atoms with E-state index in [0.717, 1.165) is 11.1 Å². The lowest BCUT2D eigenvalue weighted by molar-refractivity contribution is 0.1000. The Labute approximate surface area is 253 Å². The summed E-state index contributed by atoms with van der Waals surface area (Å²) >= 11 is 3.45. The molecule has 10 nitrogen and oxygen atoms in total. The van der Waals surface area contributed by atoms with E-state index < -0.39 is 0 Å². The first kappa shape index (κ1) is 32.1. The molecule has 0 aliphatic heterocycles. The highest BCUT2D eigenvalue weighted by molar-refractivity contribution is 9.10. The van der Waals surface area contributed by atoms with Gasteiger partial charge in [-0.25, -0.2) is 0 Å². The molecule has 3 aromatic rings. The smallest absolute Gasteiger partial charge is 0.204 e. The number of benzene rings is 3. The Balaban J connectivity index is 1.94. The van der Waals surface area contributed by atoms with E-state index in [0.29, 0.717) is 61.7 Å². The molecule has 224 valence electrons. The largest absolute Gasteiger partial charge is 0.493 e. The Morgan fingerprint density at radius 2 is 1.07 bits per heavy atom. The molecule has 0 amide bonds. The fraction of sp³-hybridized carbons (Fsp3) is 0.290. The van der Waals surface area contributed by atoms with Gasteiger partial charge >= 0.3 is 0 Å². The molecule has 0 aromatic heterocycles. The van der Waals surface area contributed by atoms with E-state index in [9.17, 15) is 4.79 Å². The minimum atomic E-state index is -0.214. The summed E-state index contributed by atoms with van der Waals surface area (Å²) in [4.78, 5) is 17.7. The first-order valence-electron chi connectivity index (χ1n) is 12.6. The average Bonchev–Trinajstić information content (AvgIpc) is 3.02. The van der Waals surface area contributed by atoms with Crippen LogP contribution in [0, 0.1) is 0 Å². The van der Waals surface area contributed by atoms with Crippen molar-refractivity contribution in [3.05, 3.63) is 51.5 Å². The Hall–Kier alpha value is -4.38. The number of nitrogens with zero attached hydrogens (tertiary/aromatic N) is 1. The molecule has 0 bridgehead atoms.